The van der Waals surface area contributed by atoms with Crippen LogP contribution in [0.3, 0.4) is 0 Å². The molecule has 0 saturated heterocycles. The van der Waals surface area contributed by atoms with Gasteiger partial charge in [0.25, 0.3) is 10.0 Å². The minimum atomic E-state index is -3.89. The molecule has 0 radical (unpaired) electrons. The second kappa shape index (κ2) is 12.0. The van der Waals surface area contributed by atoms with E-state index in [4.69, 9.17) is 0 Å². The van der Waals surface area contributed by atoms with E-state index in [0.717, 1.165) is 16.7 Å². The predicted octanol–water partition coefficient (Wildman–Crippen LogP) is 5.08. The number of hydrogen-bond acceptors (Lipinski definition) is 4. The first kappa shape index (κ1) is 25.6. The Labute approximate surface area is 214 Å². The second-order valence-electron chi connectivity index (χ2n) is 8.89. The number of anilines is 1. The summed E-state index contributed by atoms with van der Waals surface area (Å²) in [5, 5.41) is 13.6. The van der Waals surface area contributed by atoms with Crippen LogP contribution in [0.1, 0.15) is 22.3 Å². The number of nitrogens with zero attached hydrogens (tertiary/aromatic N) is 1. The number of hydrogen-bond donors (Lipinski definition) is 2. The molecule has 1 atom stereocenters. The first-order chi connectivity index (χ1) is 17.5. The summed E-state index contributed by atoms with van der Waals surface area (Å²) in [6, 6.07) is 34.0. The van der Waals surface area contributed by atoms with E-state index in [2.05, 4.69) is 29.6 Å². The maximum atomic E-state index is 14.0. The van der Waals surface area contributed by atoms with Crippen molar-refractivity contribution in [1.82, 2.24) is 5.32 Å². The normalized spacial score (nSPS) is 12.3. The van der Waals surface area contributed by atoms with Gasteiger partial charge in [0, 0.05) is 18.2 Å². The number of rotatable bonds is 11. The minimum absolute atomic E-state index is 0.181. The predicted molar refractivity (Wildman–Crippen MR) is 145 cm³/mol. The Kier molecular flexibility index (Phi) is 8.54. The Morgan fingerprint density at radius 1 is 0.778 bits per heavy atom. The van der Waals surface area contributed by atoms with Crippen LogP contribution in [0.4, 0.5) is 5.69 Å². The zero-order valence-electron chi connectivity index (χ0n) is 20.4. The van der Waals surface area contributed by atoms with E-state index in [1.165, 1.54) is 4.31 Å². The fourth-order valence-electron chi connectivity index (χ4n) is 4.21. The molecule has 4 aromatic carbocycles. The van der Waals surface area contributed by atoms with Gasteiger partial charge in [0.05, 0.1) is 23.7 Å². The zero-order chi connectivity index (χ0) is 25.4. The van der Waals surface area contributed by atoms with E-state index in [1.807, 2.05) is 43.3 Å². The lowest BCUT2D eigenvalue weighted by molar-refractivity contribution is 0.282. The van der Waals surface area contributed by atoms with Crippen LogP contribution in [0.15, 0.2) is 114 Å². The van der Waals surface area contributed by atoms with Gasteiger partial charge in [0.2, 0.25) is 0 Å². The molecule has 5 nitrogen and oxygen atoms in total. The minimum Gasteiger partial charge on any atom is -0.392 e. The molecule has 0 bridgehead atoms. The van der Waals surface area contributed by atoms with E-state index in [1.54, 1.807) is 48.5 Å². The van der Waals surface area contributed by atoms with E-state index in [9.17, 15) is 13.5 Å². The maximum absolute atomic E-state index is 14.0. The Morgan fingerprint density at radius 2 is 1.36 bits per heavy atom. The van der Waals surface area contributed by atoms with Gasteiger partial charge in [-0.3, -0.25) is 4.31 Å². The van der Waals surface area contributed by atoms with Crippen molar-refractivity contribution in [3.05, 3.63) is 131 Å². The molecule has 36 heavy (non-hydrogen) atoms. The lowest BCUT2D eigenvalue weighted by Gasteiger charge is -2.31. The molecule has 2 N–H and O–H groups in total. The van der Waals surface area contributed by atoms with Crippen molar-refractivity contribution in [2.24, 2.45) is 0 Å². The van der Waals surface area contributed by atoms with Crippen molar-refractivity contribution >= 4 is 15.7 Å². The fourth-order valence-corrected chi connectivity index (χ4v) is 5.76. The molecule has 4 aromatic rings. The van der Waals surface area contributed by atoms with Crippen molar-refractivity contribution in [1.29, 1.82) is 0 Å². The first-order valence-corrected chi connectivity index (χ1v) is 13.5. The summed E-state index contributed by atoms with van der Waals surface area (Å²) in [7, 11) is -3.89. The molecular formula is C30H32N2O3S. The van der Waals surface area contributed by atoms with Gasteiger partial charge < -0.3 is 10.4 Å². The highest BCUT2D eigenvalue weighted by Crippen LogP contribution is 2.28. The largest absolute Gasteiger partial charge is 0.392 e. The molecule has 4 rings (SSSR count). The van der Waals surface area contributed by atoms with Crippen molar-refractivity contribution in [3.8, 4) is 0 Å². The number of benzene rings is 4. The van der Waals surface area contributed by atoms with Crippen molar-refractivity contribution in [2.75, 3.05) is 10.8 Å². The van der Waals surface area contributed by atoms with Crippen LogP contribution < -0.4 is 9.62 Å². The molecule has 0 unspecified atom stereocenters. The number of aliphatic hydroxyl groups excluding tert-OH is 1. The second-order valence-corrected chi connectivity index (χ2v) is 10.8. The average molecular weight is 501 g/mol. The van der Waals surface area contributed by atoms with Crippen LogP contribution in [0.2, 0.25) is 0 Å². The van der Waals surface area contributed by atoms with Crippen LogP contribution in [0.25, 0.3) is 0 Å². The van der Waals surface area contributed by atoms with Crippen molar-refractivity contribution < 1.29 is 13.5 Å². The maximum Gasteiger partial charge on any atom is 0.264 e. The number of aryl methyl sites for hydroxylation is 1. The molecular weight excluding hydrogens is 468 g/mol. The van der Waals surface area contributed by atoms with E-state index in [-0.39, 0.29) is 24.1 Å². The Bertz CT molecular complexity index is 1340. The van der Waals surface area contributed by atoms with Crippen LogP contribution in [-0.4, -0.2) is 26.1 Å². The van der Waals surface area contributed by atoms with Gasteiger partial charge in [-0.05, 0) is 42.7 Å². The SMILES string of the molecule is Cc1ccc(S(=O)(=O)N(C[C@H](Cc2ccccc2)NCc2ccccc2)c2ccccc2CO)cc1. The Morgan fingerprint density at radius 3 is 2.00 bits per heavy atom. The molecule has 0 fully saturated rings. The summed E-state index contributed by atoms with van der Waals surface area (Å²) in [6.07, 6.45) is 0.648. The zero-order valence-corrected chi connectivity index (χ0v) is 21.2. The molecule has 0 aliphatic heterocycles. The number of aliphatic hydroxyl groups is 1. The van der Waals surface area contributed by atoms with Crippen LogP contribution in [0.5, 0.6) is 0 Å². The quantitative estimate of drug-likeness (QED) is 0.301. The molecule has 6 heteroatoms. The van der Waals surface area contributed by atoms with Gasteiger partial charge in [-0.25, -0.2) is 8.42 Å². The van der Waals surface area contributed by atoms with Crippen molar-refractivity contribution in [3.63, 3.8) is 0 Å². The summed E-state index contributed by atoms with van der Waals surface area (Å²) in [5.74, 6) is 0. The molecule has 0 aliphatic rings. The lowest BCUT2D eigenvalue weighted by atomic mass is 10.0. The highest BCUT2D eigenvalue weighted by molar-refractivity contribution is 7.92. The Balaban J connectivity index is 1.72. The summed E-state index contributed by atoms with van der Waals surface area (Å²) >= 11 is 0. The van der Waals surface area contributed by atoms with E-state index in [0.29, 0.717) is 24.2 Å². The van der Waals surface area contributed by atoms with Gasteiger partial charge >= 0.3 is 0 Å². The highest BCUT2D eigenvalue weighted by atomic mass is 32.2. The Hall–Kier alpha value is -3.45. The van der Waals surface area contributed by atoms with E-state index < -0.39 is 10.0 Å². The standard InChI is InChI=1S/C30H32N2O3S/c1-24-16-18-29(19-17-24)36(34,35)32(30-15-9-8-14-27(30)23-33)22-28(20-25-10-4-2-5-11-25)31-21-26-12-6-3-7-13-26/h2-19,28,31,33H,20-23H2,1H3/t28-/m0/s1. The molecule has 0 heterocycles. The molecule has 186 valence electrons. The number of nitrogens with one attached hydrogen (secondary N) is 1. The topological polar surface area (TPSA) is 69.6 Å². The van der Waals surface area contributed by atoms with Gasteiger partial charge in [-0.2, -0.15) is 0 Å². The third-order valence-corrected chi connectivity index (χ3v) is 7.98. The van der Waals surface area contributed by atoms with Crippen molar-refractivity contribution in [2.45, 2.75) is 37.4 Å². The van der Waals surface area contributed by atoms with Gasteiger partial charge in [0.15, 0.2) is 0 Å². The van der Waals surface area contributed by atoms with E-state index >= 15 is 0 Å². The van der Waals surface area contributed by atoms with Crippen LogP contribution in [-0.2, 0) is 29.6 Å². The number of para-hydroxylation sites is 1. The highest BCUT2D eigenvalue weighted by Gasteiger charge is 2.29. The third-order valence-electron chi connectivity index (χ3n) is 6.19. The van der Waals surface area contributed by atoms with Gasteiger partial charge in [0.1, 0.15) is 0 Å². The number of sulfonamides is 1. The van der Waals surface area contributed by atoms with Crippen LogP contribution >= 0.6 is 0 Å². The summed E-state index contributed by atoms with van der Waals surface area (Å²) in [4.78, 5) is 0.224. The third kappa shape index (κ3) is 6.40. The first-order valence-electron chi connectivity index (χ1n) is 12.1. The molecule has 0 amide bonds. The lowest BCUT2D eigenvalue weighted by Crippen LogP contribution is -2.45. The molecule has 0 saturated carbocycles. The summed E-state index contributed by atoms with van der Waals surface area (Å²) < 4.78 is 29.4. The average Bonchev–Trinajstić information content (AvgIpc) is 2.91. The van der Waals surface area contributed by atoms with Crippen LogP contribution in [0, 0.1) is 6.92 Å². The molecule has 0 spiro atoms. The monoisotopic (exact) mass is 500 g/mol. The summed E-state index contributed by atoms with van der Waals surface area (Å²) in [5.41, 5.74) is 4.28. The smallest absolute Gasteiger partial charge is 0.264 e. The fraction of sp³-hybridized carbons (Fsp3) is 0.200. The summed E-state index contributed by atoms with van der Waals surface area (Å²) in [6.45, 7) is 2.49. The van der Waals surface area contributed by atoms with Gasteiger partial charge in [-0.1, -0.05) is 96.6 Å². The molecule has 0 aromatic heterocycles. The molecule has 0 aliphatic carbocycles. The van der Waals surface area contributed by atoms with Gasteiger partial charge in [-0.15, -0.1) is 0 Å².